The second kappa shape index (κ2) is 7.47. The highest BCUT2D eigenvalue weighted by atomic mass is 16.5. The molecule has 9 heteroatoms. The lowest BCUT2D eigenvalue weighted by molar-refractivity contribution is -0.135. The average molecular weight is 399 g/mol. The monoisotopic (exact) mass is 399 g/mol. The summed E-state index contributed by atoms with van der Waals surface area (Å²) >= 11 is 0. The molecule has 2 aromatic heterocycles. The molecular weight excluding hydrogens is 374 g/mol. The number of hydrogen-bond acceptors (Lipinski definition) is 6. The molecule has 0 aliphatic carbocycles. The zero-order valence-electron chi connectivity index (χ0n) is 16.8. The van der Waals surface area contributed by atoms with Crippen LogP contribution in [-0.2, 0) is 9.59 Å². The van der Waals surface area contributed by atoms with Crippen molar-refractivity contribution in [1.29, 1.82) is 0 Å². The number of carbonyl (C=O) groups is 2. The van der Waals surface area contributed by atoms with E-state index in [-0.39, 0.29) is 35.8 Å². The van der Waals surface area contributed by atoms with Gasteiger partial charge >= 0.3 is 0 Å². The number of nitrogens with zero attached hydrogens (tertiary/aromatic N) is 4. The first-order valence-electron chi connectivity index (χ1n) is 9.71. The minimum atomic E-state index is -0.547. The van der Waals surface area contributed by atoms with Gasteiger partial charge < -0.3 is 14.7 Å². The van der Waals surface area contributed by atoms with E-state index in [4.69, 9.17) is 4.52 Å². The zero-order valence-corrected chi connectivity index (χ0v) is 16.8. The molecule has 1 N–H and O–H groups in total. The van der Waals surface area contributed by atoms with Gasteiger partial charge in [-0.3, -0.25) is 23.9 Å². The second-order valence-corrected chi connectivity index (χ2v) is 8.09. The number of nitrogens with one attached hydrogen (secondary N) is 1. The number of pyridine rings is 1. The Kier molecular flexibility index (Phi) is 4.99. The standard InChI is InChI=1S/C20H25N5O4/c1-12-7-16(22-29-12)21-17(26)11-24-9-13-8-14(10-24)19(20(28)23(2)3)25-15(13)5-4-6-18(25)27/h4-7,13-14,19H,8-11H2,1-3H3,(H,21,22,26)/t13-,14+,19-/m1/s1. The number of amides is 2. The van der Waals surface area contributed by atoms with Crippen molar-refractivity contribution in [2.24, 2.45) is 5.92 Å². The van der Waals surface area contributed by atoms with Crippen molar-refractivity contribution in [3.63, 3.8) is 0 Å². The van der Waals surface area contributed by atoms with Crippen molar-refractivity contribution in [3.8, 4) is 0 Å². The summed E-state index contributed by atoms with van der Waals surface area (Å²) in [5, 5.41) is 6.53. The molecule has 0 spiro atoms. The first kappa shape index (κ1) is 19.4. The molecule has 3 atom stereocenters. The Morgan fingerprint density at radius 2 is 2.10 bits per heavy atom. The van der Waals surface area contributed by atoms with E-state index in [2.05, 4.69) is 15.4 Å². The third-order valence-electron chi connectivity index (χ3n) is 5.68. The summed E-state index contributed by atoms with van der Waals surface area (Å²) in [6.45, 7) is 3.19. The maximum absolute atomic E-state index is 12.9. The van der Waals surface area contributed by atoms with Crippen LogP contribution in [0.25, 0.3) is 0 Å². The number of hydrogen-bond donors (Lipinski definition) is 1. The number of likely N-dealkylation sites (tertiary alicyclic amines) is 1. The highest BCUT2D eigenvalue weighted by molar-refractivity contribution is 5.91. The summed E-state index contributed by atoms with van der Waals surface area (Å²) < 4.78 is 6.64. The zero-order chi connectivity index (χ0) is 20.7. The van der Waals surface area contributed by atoms with Gasteiger partial charge in [0.15, 0.2) is 5.82 Å². The van der Waals surface area contributed by atoms with E-state index in [0.29, 0.717) is 24.7 Å². The lowest BCUT2D eigenvalue weighted by atomic mass is 9.78. The molecule has 1 saturated heterocycles. The predicted octanol–water partition coefficient (Wildman–Crippen LogP) is 0.832. The van der Waals surface area contributed by atoms with E-state index in [9.17, 15) is 14.4 Å². The number of piperidine rings is 1. The van der Waals surface area contributed by atoms with Crippen molar-refractivity contribution in [2.75, 3.05) is 39.0 Å². The molecule has 0 aromatic carbocycles. The summed E-state index contributed by atoms with van der Waals surface area (Å²) in [6.07, 6.45) is 0.828. The van der Waals surface area contributed by atoms with Crippen molar-refractivity contribution < 1.29 is 14.1 Å². The van der Waals surface area contributed by atoms with Gasteiger partial charge in [0.05, 0.1) is 6.54 Å². The van der Waals surface area contributed by atoms with Crippen LogP contribution in [0.1, 0.15) is 29.8 Å². The third-order valence-corrected chi connectivity index (χ3v) is 5.68. The van der Waals surface area contributed by atoms with Crippen molar-refractivity contribution >= 4 is 17.6 Å². The number of anilines is 1. The van der Waals surface area contributed by atoms with Gasteiger partial charge in [-0.05, 0) is 19.4 Å². The van der Waals surface area contributed by atoms with Gasteiger partial charge in [-0.15, -0.1) is 0 Å². The summed E-state index contributed by atoms with van der Waals surface area (Å²) in [6, 6.07) is 6.28. The SMILES string of the molecule is Cc1cc(NC(=O)CN2C[C@H]3C[C@@H](C2)[C@H](C(=O)N(C)C)n2c3cccc2=O)no1. The van der Waals surface area contributed by atoms with E-state index in [1.807, 2.05) is 6.07 Å². The van der Waals surface area contributed by atoms with Crippen LogP contribution < -0.4 is 10.9 Å². The Morgan fingerprint density at radius 3 is 2.79 bits per heavy atom. The van der Waals surface area contributed by atoms with Crippen LogP contribution in [0.15, 0.2) is 33.6 Å². The van der Waals surface area contributed by atoms with Gasteiger partial charge in [-0.25, -0.2) is 0 Å². The van der Waals surface area contributed by atoms with Gasteiger partial charge in [-0.1, -0.05) is 11.2 Å². The number of fused-ring (bicyclic) bond motifs is 4. The molecule has 1 fully saturated rings. The molecule has 4 heterocycles. The van der Waals surface area contributed by atoms with Gasteiger partial charge in [0.25, 0.3) is 5.56 Å². The maximum Gasteiger partial charge on any atom is 0.251 e. The molecule has 2 aliphatic heterocycles. The minimum Gasteiger partial charge on any atom is -0.360 e. The maximum atomic E-state index is 12.9. The van der Waals surface area contributed by atoms with Gasteiger partial charge in [0.1, 0.15) is 11.8 Å². The van der Waals surface area contributed by atoms with E-state index in [1.165, 1.54) is 11.0 Å². The highest BCUT2D eigenvalue weighted by Gasteiger charge is 2.44. The van der Waals surface area contributed by atoms with Crippen LogP contribution in [-0.4, -0.2) is 65.1 Å². The third kappa shape index (κ3) is 3.69. The first-order valence-corrected chi connectivity index (χ1v) is 9.71. The fourth-order valence-corrected chi connectivity index (χ4v) is 4.55. The van der Waals surface area contributed by atoms with E-state index >= 15 is 0 Å². The van der Waals surface area contributed by atoms with E-state index < -0.39 is 6.04 Å². The summed E-state index contributed by atoms with van der Waals surface area (Å²) in [5.74, 6) is 0.822. The Labute approximate surface area is 168 Å². The molecule has 0 unspecified atom stereocenters. The summed E-state index contributed by atoms with van der Waals surface area (Å²) in [7, 11) is 3.41. The lowest BCUT2D eigenvalue weighted by Crippen LogP contribution is -2.54. The first-order chi connectivity index (χ1) is 13.8. The lowest BCUT2D eigenvalue weighted by Gasteiger charge is -2.46. The van der Waals surface area contributed by atoms with Gasteiger partial charge in [-0.2, -0.15) is 0 Å². The van der Waals surface area contributed by atoms with E-state index in [0.717, 1.165) is 12.1 Å². The van der Waals surface area contributed by atoms with Gasteiger partial charge in [0.2, 0.25) is 11.8 Å². The quantitative estimate of drug-likeness (QED) is 0.817. The molecule has 2 aliphatic rings. The molecule has 9 nitrogen and oxygen atoms in total. The molecule has 4 rings (SSSR count). The van der Waals surface area contributed by atoms with E-state index in [1.54, 1.807) is 37.7 Å². The highest BCUT2D eigenvalue weighted by Crippen LogP contribution is 2.41. The number of likely N-dealkylation sites (N-methyl/N-ethyl adjacent to an activating group) is 1. The molecule has 154 valence electrons. The van der Waals surface area contributed by atoms with Crippen molar-refractivity contribution in [1.82, 2.24) is 19.5 Å². The molecule has 29 heavy (non-hydrogen) atoms. The van der Waals surface area contributed by atoms with Crippen LogP contribution in [0, 0.1) is 12.8 Å². The Bertz CT molecular complexity index is 995. The van der Waals surface area contributed by atoms with Crippen LogP contribution in [0.2, 0.25) is 0 Å². The number of aromatic nitrogens is 2. The molecule has 0 radical (unpaired) electrons. The second-order valence-electron chi connectivity index (χ2n) is 8.09. The van der Waals surface area contributed by atoms with Crippen LogP contribution in [0.4, 0.5) is 5.82 Å². The molecule has 2 amide bonds. The summed E-state index contributed by atoms with van der Waals surface area (Å²) in [4.78, 5) is 41.6. The fourth-order valence-electron chi connectivity index (χ4n) is 4.55. The Balaban J connectivity index is 1.57. The van der Waals surface area contributed by atoms with Crippen molar-refractivity contribution in [2.45, 2.75) is 25.3 Å². The average Bonchev–Trinajstić information content (AvgIpc) is 3.06. The van der Waals surface area contributed by atoms with Crippen LogP contribution >= 0.6 is 0 Å². The fraction of sp³-hybridized carbons (Fsp3) is 0.500. The molecule has 2 bridgehead atoms. The molecule has 2 aromatic rings. The molecule has 0 saturated carbocycles. The smallest absolute Gasteiger partial charge is 0.251 e. The number of aryl methyl sites for hydroxylation is 1. The topological polar surface area (TPSA) is 101 Å². The minimum absolute atomic E-state index is 0.0293. The Morgan fingerprint density at radius 1 is 1.31 bits per heavy atom. The predicted molar refractivity (Wildman–Crippen MR) is 106 cm³/mol. The normalized spacial score (nSPS) is 23.3. The number of rotatable bonds is 4. The number of carbonyl (C=O) groups excluding carboxylic acids is 2. The van der Waals surface area contributed by atoms with Crippen molar-refractivity contribution in [3.05, 3.63) is 46.1 Å². The Hall–Kier alpha value is -2.94. The van der Waals surface area contributed by atoms with Crippen LogP contribution in [0.3, 0.4) is 0 Å². The summed E-state index contributed by atoms with van der Waals surface area (Å²) in [5.41, 5.74) is 0.719. The van der Waals surface area contributed by atoms with Crippen LogP contribution in [0.5, 0.6) is 0 Å². The van der Waals surface area contributed by atoms with Gasteiger partial charge in [0, 0.05) is 56.8 Å². The molecular formula is C20H25N5O4. The largest absolute Gasteiger partial charge is 0.360 e.